The summed E-state index contributed by atoms with van der Waals surface area (Å²) in [7, 11) is 0. The van der Waals surface area contributed by atoms with Crippen molar-refractivity contribution in [3.63, 3.8) is 0 Å². The quantitative estimate of drug-likeness (QED) is 0.492. The average molecular weight is 438 g/mol. The largest absolute Gasteiger partial charge is 0.508 e. The molecule has 0 radical (unpaired) electrons. The molecule has 0 saturated heterocycles. The molecule has 1 N–H and O–H groups in total. The Balaban J connectivity index is 1.31. The van der Waals surface area contributed by atoms with E-state index in [1.54, 1.807) is 6.20 Å². The zero-order valence-electron chi connectivity index (χ0n) is 17.8. The molecular weight excluding hydrogens is 415 g/mol. The molecule has 10 heteroatoms. The molecule has 3 aromatic heterocycles. The molecule has 9 nitrogen and oxygen atoms in total. The zero-order valence-corrected chi connectivity index (χ0v) is 17.8. The molecule has 5 rings (SSSR count). The minimum absolute atomic E-state index is 0.00870. The Morgan fingerprint density at radius 1 is 1.19 bits per heavy atom. The van der Waals surface area contributed by atoms with Crippen LogP contribution in [-0.2, 0) is 0 Å². The highest BCUT2D eigenvalue weighted by atomic mass is 19.1. The van der Waals surface area contributed by atoms with Crippen LogP contribution in [0.4, 0.5) is 4.39 Å². The number of aromatic hydroxyl groups is 1. The van der Waals surface area contributed by atoms with E-state index in [2.05, 4.69) is 25.2 Å². The number of hydrogen-bond acceptors (Lipinski definition) is 8. The van der Waals surface area contributed by atoms with Crippen molar-refractivity contribution in [2.75, 3.05) is 0 Å². The second-order valence-electron chi connectivity index (χ2n) is 8.35. The van der Waals surface area contributed by atoms with Crippen molar-refractivity contribution < 1.29 is 18.8 Å². The Morgan fingerprint density at radius 3 is 2.72 bits per heavy atom. The van der Waals surface area contributed by atoms with Crippen molar-refractivity contribution in [1.29, 1.82) is 0 Å². The van der Waals surface area contributed by atoms with Gasteiger partial charge in [0, 0.05) is 17.9 Å². The third-order valence-corrected chi connectivity index (χ3v) is 5.76. The van der Waals surface area contributed by atoms with E-state index in [0.29, 0.717) is 22.8 Å². The normalized spacial score (nSPS) is 19.0. The van der Waals surface area contributed by atoms with Crippen molar-refractivity contribution in [1.82, 2.24) is 29.9 Å². The van der Waals surface area contributed by atoms with Gasteiger partial charge in [0.15, 0.2) is 17.3 Å². The summed E-state index contributed by atoms with van der Waals surface area (Å²) in [5.41, 5.74) is 0.614. The first-order valence-electron chi connectivity index (χ1n) is 10.7. The summed E-state index contributed by atoms with van der Waals surface area (Å²) in [5, 5.41) is 18.4. The minimum Gasteiger partial charge on any atom is -0.508 e. The van der Waals surface area contributed by atoms with E-state index in [0.717, 1.165) is 37.6 Å². The molecule has 0 amide bonds. The Labute approximate surface area is 183 Å². The van der Waals surface area contributed by atoms with Crippen LogP contribution in [0.25, 0.3) is 16.7 Å². The summed E-state index contributed by atoms with van der Waals surface area (Å²) in [6.45, 7) is 4.08. The van der Waals surface area contributed by atoms with Gasteiger partial charge in [0.05, 0.1) is 6.20 Å². The third-order valence-electron chi connectivity index (χ3n) is 5.76. The Hall–Kier alpha value is -3.56. The Morgan fingerprint density at radius 2 is 2.00 bits per heavy atom. The lowest BCUT2D eigenvalue weighted by Gasteiger charge is -2.26. The van der Waals surface area contributed by atoms with Crippen LogP contribution >= 0.6 is 0 Å². The number of aromatic nitrogens is 6. The SMILES string of the molecule is CC(C)c1noc(C2CCC(Oc3ncnc4c3cnn4-c3ccc(O)cc3F)CC2)n1. The third kappa shape index (κ3) is 3.76. The molecule has 0 atom stereocenters. The number of ether oxygens (including phenoxy) is 1. The van der Waals surface area contributed by atoms with E-state index < -0.39 is 5.82 Å². The van der Waals surface area contributed by atoms with Gasteiger partial charge in [-0.1, -0.05) is 19.0 Å². The lowest BCUT2D eigenvalue weighted by atomic mass is 9.87. The van der Waals surface area contributed by atoms with Crippen molar-refractivity contribution in [2.24, 2.45) is 0 Å². The number of phenols is 1. The molecule has 1 saturated carbocycles. The number of phenolic OH excluding ortho intramolecular Hbond substituents is 1. The number of nitrogens with zero attached hydrogens (tertiary/aromatic N) is 6. The van der Waals surface area contributed by atoms with Gasteiger partial charge >= 0.3 is 0 Å². The second-order valence-corrected chi connectivity index (χ2v) is 8.35. The smallest absolute Gasteiger partial charge is 0.229 e. The van der Waals surface area contributed by atoms with Gasteiger partial charge in [0.25, 0.3) is 0 Å². The maximum Gasteiger partial charge on any atom is 0.229 e. The van der Waals surface area contributed by atoms with E-state index in [1.807, 2.05) is 13.8 Å². The molecule has 32 heavy (non-hydrogen) atoms. The molecule has 3 heterocycles. The highest BCUT2D eigenvalue weighted by molar-refractivity contribution is 5.81. The molecule has 0 unspecified atom stereocenters. The van der Waals surface area contributed by atoms with Crippen molar-refractivity contribution in [3.8, 4) is 17.3 Å². The number of benzene rings is 1. The van der Waals surface area contributed by atoms with E-state index >= 15 is 0 Å². The summed E-state index contributed by atoms with van der Waals surface area (Å²) in [4.78, 5) is 13.1. The van der Waals surface area contributed by atoms with Crippen molar-refractivity contribution in [2.45, 2.75) is 57.5 Å². The van der Waals surface area contributed by atoms with Crippen LogP contribution in [-0.4, -0.2) is 41.1 Å². The predicted octanol–water partition coefficient (Wildman–Crippen LogP) is 4.27. The first kappa shape index (κ1) is 20.3. The number of hydrogen-bond donors (Lipinski definition) is 1. The van der Waals surface area contributed by atoms with Gasteiger partial charge in [-0.2, -0.15) is 10.1 Å². The van der Waals surface area contributed by atoms with Crippen LogP contribution in [0.3, 0.4) is 0 Å². The fourth-order valence-electron chi connectivity index (χ4n) is 3.99. The van der Waals surface area contributed by atoms with Gasteiger partial charge in [-0.15, -0.1) is 0 Å². The predicted molar refractivity (Wildman–Crippen MR) is 112 cm³/mol. The first-order chi connectivity index (χ1) is 15.5. The van der Waals surface area contributed by atoms with Gasteiger partial charge < -0.3 is 14.4 Å². The fourth-order valence-corrected chi connectivity index (χ4v) is 3.99. The molecule has 1 aliphatic carbocycles. The van der Waals surface area contributed by atoms with Gasteiger partial charge in [-0.05, 0) is 37.8 Å². The summed E-state index contributed by atoms with van der Waals surface area (Å²) in [5.74, 6) is 1.58. The lowest BCUT2D eigenvalue weighted by molar-refractivity contribution is 0.135. The lowest BCUT2D eigenvalue weighted by Crippen LogP contribution is -2.24. The molecule has 0 aliphatic heterocycles. The number of rotatable bonds is 5. The highest BCUT2D eigenvalue weighted by Crippen LogP contribution is 2.35. The summed E-state index contributed by atoms with van der Waals surface area (Å²) >= 11 is 0. The van der Waals surface area contributed by atoms with E-state index in [9.17, 15) is 9.50 Å². The molecule has 1 aromatic carbocycles. The fraction of sp³-hybridized carbons (Fsp3) is 0.409. The first-order valence-corrected chi connectivity index (χ1v) is 10.7. The van der Waals surface area contributed by atoms with Gasteiger partial charge in [0.2, 0.25) is 11.8 Å². The van der Waals surface area contributed by atoms with Crippen LogP contribution in [0.2, 0.25) is 0 Å². The Kier molecular flexibility index (Phi) is 5.20. The second kappa shape index (κ2) is 8.18. The van der Waals surface area contributed by atoms with E-state index in [-0.39, 0.29) is 29.4 Å². The van der Waals surface area contributed by atoms with Gasteiger partial charge in [-0.25, -0.2) is 19.0 Å². The van der Waals surface area contributed by atoms with E-state index in [4.69, 9.17) is 9.26 Å². The summed E-state index contributed by atoms with van der Waals surface area (Å²) < 4.78 is 27.3. The maximum atomic E-state index is 14.3. The van der Waals surface area contributed by atoms with Crippen molar-refractivity contribution >= 4 is 11.0 Å². The highest BCUT2D eigenvalue weighted by Gasteiger charge is 2.28. The van der Waals surface area contributed by atoms with Crippen LogP contribution in [0.1, 0.15) is 63.1 Å². The standard InChI is InChI=1S/C22H23FN6O3/c1-12(2)19-27-21(32-28-19)13-3-6-15(7-4-13)31-22-16-10-26-29(20(16)24-11-25-22)18-8-5-14(30)9-17(18)23/h5,8-13,15,30H,3-4,6-7H2,1-2H3. The molecule has 4 aromatic rings. The molecule has 1 fully saturated rings. The minimum atomic E-state index is -0.601. The van der Waals surface area contributed by atoms with Crippen LogP contribution < -0.4 is 4.74 Å². The topological polar surface area (TPSA) is 112 Å². The van der Waals surface area contributed by atoms with Crippen molar-refractivity contribution in [3.05, 3.63) is 48.3 Å². The number of fused-ring (bicyclic) bond motifs is 1. The molecule has 0 bridgehead atoms. The van der Waals surface area contributed by atoms with Crippen LogP contribution in [0.15, 0.2) is 35.2 Å². The summed E-state index contributed by atoms with van der Waals surface area (Å²) in [6, 6.07) is 3.88. The molecular formula is C22H23FN6O3. The summed E-state index contributed by atoms with van der Waals surface area (Å²) in [6.07, 6.45) is 6.37. The van der Waals surface area contributed by atoms with E-state index in [1.165, 1.54) is 23.1 Å². The zero-order chi connectivity index (χ0) is 22.2. The molecule has 166 valence electrons. The molecule has 0 spiro atoms. The average Bonchev–Trinajstić information content (AvgIpc) is 3.43. The van der Waals surface area contributed by atoms with Crippen LogP contribution in [0.5, 0.6) is 11.6 Å². The Bertz CT molecular complexity index is 1250. The monoisotopic (exact) mass is 438 g/mol. The van der Waals surface area contributed by atoms with Gasteiger partial charge in [-0.3, -0.25) is 0 Å². The molecule has 1 aliphatic rings. The maximum absolute atomic E-state index is 14.3. The van der Waals surface area contributed by atoms with Crippen LogP contribution in [0, 0.1) is 5.82 Å². The number of halogens is 1. The van der Waals surface area contributed by atoms with Gasteiger partial charge in [0.1, 0.15) is 29.3 Å².